The molecule has 0 aliphatic rings. The van der Waals surface area contributed by atoms with Crippen LogP contribution < -0.4 is 10.5 Å². The van der Waals surface area contributed by atoms with Crippen LogP contribution >= 0.6 is 0 Å². The molecule has 1 atom stereocenters. The van der Waals surface area contributed by atoms with Gasteiger partial charge in [0.2, 0.25) is 0 Å². The van der Waals surface area contributed by atoms with Crippen molar-refractivity contribution in [2.24, 2.45) is 16.8 Å². The Bertz CT molecular complexity index is 500. The lowest BCUT2D eigenvalue weighted by Crippen LogP contribution is -2.22. The summed E-state index contributed by atoms with van der Waals surface area (Å²) in [6.45, 7) is 5.85. The number of nitro benzene ring substituents is 1. The van der Waals surface area contributed by atoms with Crippen molar-refractivity contribution in [3.8, 4) is 5.75 Å². The van der Waals surface area contributed by atoms with E-state index < -0.39 is 4.92 Å². The monoisotopic (exact) mass is 267 g/mol. The molecular weight excluding hydrogens is 250 g/mol. The van der Waals surface area contributed by atoms with Gasteiger partial charge in [0, 0.05) is 12.1 Å². The van der Waals surface area contributed by atoms with Crippen molar-refractivity contribution in [1.29, 1.82) is 0 Å². The molecule has 1 unspecified atom stereocenters. The smallest absolute Gasteiger partial charge is 0.270 e. The first kappa shape index (κ1) is 14.7. The predicted octanol–water partition coefficient (Wildman–Crippen LogP) is 2.11. The van der Waals surface area contributed by atoms with Gasteiger partial charge in [-0.1, -0.05) is 19.0 Å². The summed E-state index contributed by atoms with van der Waals surface area (Å²) in [6, 6.07) is 3.98. The van der Waals surface area contributed by atoms with E-state index in [0.717, 1.165) is 0 Å². The highest BCUT2D eigenvalue weighted by molar-refractivity contribution is 6.00. The van der Waals surface area contributed by atoms with E-state index in [9.17, 15) is 10.1 Å². The van der Waals surface area contributed by atoms with Gasteiger partial charge in [-0.05, 0) is 18.9 Å². The Morgan fingerprint density at radius 3 is 2.58 bits per heavy atom. The summed E-state index contributed by atoms with van der Waals surface area (Å²) >= 11 is 0. The number of hydrogen-bond donors (Lipinski definition) is 2. The Labute approximate surface area is 110 Å². The van der Waals surface area contributed by atoms with Gasteiger partial charge in [-0.15, -0.1) is 0 Å². The van der Waals surface area contributed by atoms with E-state index in [1.54, 1.807) is 0 Å². The number of nitrogens with two attached hydrogens (primary N) is 1. The van der Waals surface area contributed by atoms with Crippen LogP contribution in [-0.2, 0) is 0 Å². The minimum atomic E-state index is -0.552. The molecule has 0 saturated heterocycles. The minimum Gasteiger partial charge on any atom is -0.490 e. The minimum absolute atomic E-state index is 0.105. The average Bonchev–Trinajstić information content (AvgIpc) is 2.37. The number of amidine groups is 1. The third-order valence-corrected chi connectivity index (χ3v) is 2.81. The van der Waals surface area contributed by atoms with Crippen molar-refractivity contribution in [2.45, 2.75) is 26.9 Å². The number of nitrogens with zero attached hydrogens (tertiary/aromatic N) is 2. The van der Waals surface area contributed by atoms with Crippen LogP contribution in [0.1, 0.15) is 26.3 Å². The maximum absolute atomic E-state index is 10.7. The van der Waals surface area contributed by atoms with Gasteiger partial charge >= 0.3 is 0 Å². The van der Waals surface area contributed by atoms with Gasteiger partial charge in [0.05, 0.1) is 16.6 Å². The molecule has 0 fully saturated rings. The SMILES string of the molecule is CC(C)C(C)Oc1ccc([N+](=O)[O-])cc1C(N)=NO. The summed E-state index contributed by atoms with van der Waals surface area (Å²) < 4.78 is 5.67. The second kappa shape index (κ2) is 6.03. The van der Waals surface area contributed by atoms with Crippen molar-refractivity contribution in [2.75, 3.05) is 0 Å². The van der Waals surface area contributed by atoms with Crippen molar-refractivity contribution < 1.29 is 14.9 Å². The van der Waals surface area contributed by atoms with Gasteiger partial charge in [0.15, 0.2) is 5.84 Å². The van der Waals surface area contributed by atoms with Crippen molar-refractivity contribution >= 4 is 11.5 Å². The van der Waals surface area contributed by atoms with Gasteiger partial charge < -0.3 is 15.7 Å². The fourth-order valence-corrected chi connectivity index (χ4v) is 1.32. The van der Waals surface area contributed by atoms with E-state index in [0.29, 0.717) is 5.75 Å². The molecule has 1 rings (SSSR count). The number of benzene rings is 1. The molecule has 0 radical (unpaired) electrons. The standard InChI is InChI=1S/C12H17N3O4/c1-7(2)8(3)19-11-5-4-9(15(17)18)6-10(11)12(13)14-16/h4-8,16H,1-3H3,(H2,13,14). The number of oxime groups is 1. The van der Waals surface area contributed by atoms with Gasteiger partial charge in [0.25, 0.3) is 5.69 Å². The molecule has 0 saturated carbocycles. The lowest BCUT2D eigenvalue weighted by Gasteiger charge is -2.19. The highest BCUT2D eigenvalue weighted by atomic mass is 16.6. The summed E-state index contributed by atoms with van der Waals surface area (Å²) in [7, 11) is 0. The topological polar surface area (TPSA) is 111 Å². The first-order valence-electron chi connectivity index (χ1n) is 5.79. The molecule has 0 heterocycles. The first-order chi connectivity index (χ1) is 8.86. The van der Waals surface area contributed by atoms with Crippen LogP contribution in [0, 0.1) is 16.0 Å². The number of ether oxygens (including phenoxy) is 1. The fourth-order valence-electron chi connectivity index (χ4n) is 1.32. The highest BCUT2D eigenvalue weighted by Gasteiger charge is 2.18. The molecule has 19 heavy (non-hydrogen) atoms. The number of rotatable bonds is 5. The second-order valence-electron chi connectivity index (χ2n) is 4.49. The highest BCUT2D eigenvalue weighted by Crippen LogP contribution is 2.26. The second-order valence-corrected chi connectivity index (χ2v) is 4.49. The van der Waals surface area contributed by atoms with E-state index >= 15 is 0 Å². The summed E-state index contributed by atoms with van der Waals surface area (Å²) in [6.07, 6.45) is -0.105. The molecule has 7 nitrogen and oxygen atoms in total. The van der Waals surface area contributed by atoms with Crippen LogP contribution in [0.5, 0.6) is 5.75 Å². The van der Waals surface area contributed by atoms with Crippen LogP contribution in [0.3, 0.4) is 0 Å². The Morgan fingerprint density at radius 2 is 2.11 bits per heavy atom. The summed E-state index contributed by atoms with van der Waals surface area (Å²) in [5, 5.41) is 22.3. The zero-order valence-electron chi connectivity index (χ0n) is 11.0. The Morgan fingerprint density at radius 1 is 1.47 bits per heavy atom. The van der Waals surface area contributed by atoms with Crippen molar-refractivity contribution in [1.82, 2.24) is 0 Å². The van der Waals surface area contributed by atoms with Gasteiger partial charge in [-0.25, -0.2) is 0 Å². The van der Waals surface area contributed by atoms with E-state index in [-0.39, 0.29) is 29.1 Å². The molecule has 0 bridgehead atoms. The molecule has 0 aliphatic heterocycles. The van der Waals surface area contributed by atoms with Crippen LogP contribution in [0.2, 0.25) is 0 Å². The van der Waals surface area contributed by atoms with E-state index in [1.807, 2.05) is 20.8 Å². The molecule has 1 aromatic rings. The van der Waals surface area contributed by atoms with Crippen LogP contribution in [0.4, 0.5) is 5.69 Å². The fraction of sp³-hybridized carbons (Fsp3) is 0.417. The molecule has 3 N–H and O–H groups in total. The lowest BCUT2D eigenvalue weighted by molar-refractivity contribution is -0.384. The Hall–Kier alpha value is -2.31. The number of hydrogen-bond acceptors (Lipinski definition) is 5. The van der Waals surface area contributed by atoms with Crippen molar-refractivity contribution in [3.05, 3.63) is 33.9 Å². The average molecular weight is 267 g/mol. The summed E-state index contributed by atoms with van der Waals surface area (Å²) in [5.41, 5.74) is 5.56. The number of nitro groups is 1. The molecule has 0 amide bonds. The molecule has 104 valence electrons. The van der Waals surface area contributed by atoms with Crippen LogP contribution in [0.25, 0.3) is 0 Å². The van der Waals surface area contributed by atoms with E-state index in [2.05, 4.69) is 5.16 Å². The van der Waals surface area contributed by atoms with Gasteiger partial charge in [0.1, 0.15) is 5.75 Å². The Kier molecular flexibility index (Phi) is 4.68. The number of non-ortho nitro benzene ring substituents is 1. The molecule has 0 spiro atoms. The Balaban J connectivity index is 3.20. The predicted molar refractivity (Wildman–Crippen MR) is 70.5 cm³/mol. The molecule has 0 aromatic heterocycles. The van der Waals surface area contributed by atoms with Crippen molar-refractivity contribution in [3.63, 3.8) is 0 Å². The maximum Gasteiger partial charge on any atom is 0.270 e. The molecule has 7 heteroatoms. The van der Waals surface area contributed by atoms with Crippen LogP contribution in [-0.4, -0.2) is 22.1 Å². The molecule has 1 aromatic carbocycles. The van der Waals surface area contributed by atoms with Gasteiger partial charge in [-0.3, -0.25) is 10.1 Å². The van der Waals surface area contributed by atoms with E-state index in [4.69, 9.17) is 15.7 Å². The molecular formula is C12H17N3O4. The summed E-state index contributed by atoms with van der Waals surface area (Å²) in [4.78, 5) is 10.2. The zero-order chi connectivity index (χ0) is 14.6. The van der Waals surface area contributed by atoms with Crippen LogP contribution in [0.15, 0.2) is 23.4 Å². The zero-order valence-corrected chi connectivity index (χ0v) is 11.0. The maximum atomic E-state index is 10.7. The lowest BCUT2D eigenvalue weighted by atomic mass is 10.1. The quantitative estimate of drug-likeness (QED) is 0.279. The normalized spacial score (nSPS) is 13.4. The van der Waals surface area contributed by atoms with Gasteiger partial charge in [-0.2, -0.15) is 0 Å². The third kappa shape index (κ3) is 3.57. The first-order valence-corrected chi connectivity index (χ1v) is 5.79. The molecule has 0 aliphatic carbocycles. The largest absolute Gasteiger partial charge is 0.490 e. The van der Waals surface area contributed by atoms with E-state index in [1.165, 1.54) is 18.2 Å². The summed E-state index contributed by atoms with van der Waals surface area (Å²) in [5.74, 6) is 0.382. The third-order valence-electron chi connectivity index (χ3n) is 2.81.